The topological polar surface area (TPSA) is 74.5 Å². The maximum absolute atomic E-state index is 12.3. The number of nitrogens with one attached hydrogen (secondary N) is 2. The molecule has 5 heteroatoms. The van der Waals surface area contributed by atoms with Crippen LogP contribution in [0.25, 0.3) is 0 Å². The molecule has 0 saturated heterocycles. The number of hydrogen-bond acceptors (Lipinski definition) is 4. The highest BCUT2D eigenvalue weighted by molar-refractivity contribution is 5.99. The van der Waals surface area contributed by atoms with E-state index < -0.39 is 0 Å². The molecule has 1 aromatic carbocycles. The lowest BCUT2D eigenvalue weighted by atomic mass is 10.1. The summed E-state index contributed by atoms with van der Waals surface area (Å²) in [5, 5.41) is 14.9. The zero-order valence-electron chi connectivity index (χ0n) is 12.5. The fourth-order valence-electron chi connectivity index (χ4n) is 2.15. The molecule has 0 aliphatic heterocycles. The number of unbranched alkanes of at least 4 members (excludes halogenated alkanes) is 2. The van der Waals surface area contributed by atoms with Crippen molar-refractivity contribution in [2.24, 2.45) is 0 Å². The maximum atomic E-state index is 12.3. The van der Waals surface area contributed by atoms with E-state index in [0.29, 0.717) is 12.1 Å². The summed E-state index contributed by atoms with van der Waals surface area (Å²) in [4.78, 5) is 12.3. The smallest absolute Gasteiger partial charge is 0.253 e. The Morgan fingerprint density at radius 1 is 1.09 bits per heavy atom. The van der Waals surface area contributed by atoms with Crippen LogP contribution in [0.5, 0.6) is 0 Å². The Morgan fingerprint density at radius 2 is 1.95 bits per heavy atom. The van der Waals surface area contributed by atoms with Gasteiger partial charge in [0.2, 0.25) is 0 Å². The van der Waals surface area contributed by atoms with Gasteiger partial charge in [0.05, 0.1) is 18.4 Å². The summed E-state index contributed by atoms with van der Waals surface area (Å²) >= 11 is 0. The highest BCUT2D eigenvalue weighted by Gasteiger charge is 2.10. The number of para-hydroxylation sites is 1. The van der Waals surface area contributed by atoms with Gasteiger partial charge in [-0.15, -0.1) is 0 Å². The molecule has 22 heavy (non-hydrogen) atoms. The van der Waals surface area contributed by atoms with Crippen molar-refractivity contribution in [1.82, 2.24) is 5.32 Å². The first kappa shape index (κ1) is 16.1. The van der Waals surface area contributed by atoms with Gasteiger partial charge in [-0.05, 0) is 43.5 Å². The Hall–Kier alpha value is -2.27. The Morgan fingerprint density at radius 3 is 2.73 bits per heavy atom. The van der Waals surface area contributed by atoms with Gasteiger partial charge in [0.15, 0.2) is 0 Å². The first-order chi connectivity index (χ1) is 10.8. The standard InChI is InChI=1S/C17H22N2O3/c20-11-5-1-4-10-18-16-9-3-2-8-15(16)17(21)19-13-14-7-6-12-22-14/h2-3,6-9,12,18,20H,1,4-5,10-11,13H2,(H,19,21). The first-order valence-corrected chi connectivity index (χ1v) is 7.55. The molecular weight excluding hydrogens is 280 g/mol. The van der Waals surface area contributed by atoms with Crippen molar-refractivity contribution < 1.29 is 14.3 Å². The van der Waals surface area contributed by atoms with Crippen molar-refractivity contribution in [3.05, 3.63) is 54.0 Å². The second-order valence-electron chi connectivity index (χ2n) is 5.02. The molecule has 2 rings (SSSR count). The zero-order valence-corrected chi connectivity index (χ0v) is 12.5. The summed E-state index contributed by atoms with van der Waals surface area (Å²) in [6.45, 7) is 1.38. The van der Waals surface area contributed by atoms with Crippen LogP contribution < -0.4 is 10.6 Å². The number of anilines is 1. The molecule has 0 atom stereocenters. The van der Waals surface area contributed by atoms with Crippen molar-refractivity contribution in [2.75, 3.05) is 18.5 Å². The number of benzene rings is 1. The lowest BCUT2D eigenvalue weighted by Gasteiger charge is -2.11. The Kier molecular flexibility index (Phi) is 6.51. The fourth-order valence-corrected chi connectivity index (χ4v) is 2.15. The number of rotatable bonds is 9. The molecule has 0 aliphatic rings. The summed E-state index contributed by atoms with van der Waals surface area (Å²) in [6, 6.07) is 11.1. The first-order valence-electron chi connectivity index (χ1n) is 7.55. The second kappa shape index (κ2) is 8.89. The predicted molar refractivity (Wildman–Crippen MR) is 85.7 cm³/mol. The van der Waals surface area contributed by atoms with Gasteiger partial charge in [0, 0.05) is 18.8 Å². The van der Waals surface area contributed by atoms with Crippen molar-refractivity contribution in [3.63, 3.8) is 0 Å². The number of hydrogen-bond donors (Lipinski definition) is 3. The van der Waals surface area contributed by atoms with Crippen molar-refractivity contribution >= 4 is 11.6 Å². The molecule has 0 radical (unpaired) electrons. The minimum atomic E-state index is -0.130. The predicted octanol–water partition coefficient (Wildman–Crippen LogP) is 2.78. The van der Waals surface area contributed by atoms with Gasteiger partial charge in [-0.1, -0.05) is 12.1 Å². The van der Waals surface area contributed by atoms with E-state index in [1.165, 1.54) is 0 Å². The van der Waals surface area contributed by atoms with Crippen LogP contribution in [-0.2, 0) is 6.54 Å². The molecular formula is C17H22N2O3. The van der Waals surface area contributed by atoms with E-state index in [9.17, 15) is 4.79 Å². The average Bonchev–Trinajstić information content (AvgIpc) is 3.06. The number of amides is 1. The summed E-state index contributed by atoms with van der Waals surface area (Å²) in [5.41, 5.74) is 1.44. The molecule has 1 aromatic heterocycles. The Labute approximate surface area is 130 Å². The third-order valence-electron chi connectivity index (χ3n) is 3.33. The summed E-state index contributed by atoms with van der Waals surface area (Å²) in [5.74, 6) is 0.595. The molecule has 1 amide bonds. The molecule has 0 fully saturated rings. The lowest BCUT2D eigenvalue weighted by molar-refractivity contribution is 0.0949. The van der Waals surface area contributed by atoms with E-state index in [0.717, 1.165) is 37.3 Å². The van der Waals surface area contributed by atoms with Gasteiger partial charge >= 0.3 is 0 Å². The summed E-state index contributed by atoms with van der Waals surface area (Å²) < 4.78 is 5.20. The molecule has 2 aromatic rings. The van der Waals surface area contributed by atoms with Crippen LogP contribution >= 0.6 is 0 Å². The normalized spacial score (nSPS) is 10.4. The number of carbonyl (C=O) groups is 1. The van der Waals surface area contributed by atoms with Gasteiger partial charge in [0.1, 0.15) is 5.76 Å². The van der Waals surface area contributed by atoms with Gasteiger partial charge in [-0.2, -0.15) is 0 Å². The van der Waals surface area contributed by atoms with Crippen LogP contribution in [0, 0.1) is 0 Å². The van der Waals surface area contributed by atoms with E-state index >= 15 is 0 Å². The fraction of sp³-hybridized carbons (Fsp3) is 0.353. The molecule has 0 spiro atoms. The highest BCUT2D eigenvalue weighted by Crippen LogP contribution is 2.15. The summed E-state index contributed by atoms with van der Waals surface area (Å²) in [6.07, 6.45) is 4.33. The van der Waals surface area contributed by atoms with Gasteiger partial charge in [-0.3, -0.25) is 4.79 Å². The largest absolute Gasteiger partial charge is 0.467 e. The van der Waals surface area contributed by atoms with Crippen LogP contribution in [0.15, 0.2) is 47.1 Å². The molecule has 5 nitrogen and oxygen atoms in total. The van der Waals surface area contributed by atoms with E-state index in [1.807, 2.05) is 24.3 Å². The number of furan rings is 1. The van der Waals surface area contributed by atoms with Crippen molar-refractivity contribution in [1.29, 1.82) is 0 Å². The lowest BCUT2D eigenvalue weighted by Crippen LogP contribution is -2.23. The second-order valence-corrected chi connectivity index (χ2v) is 5.02. The van der Waals surface area contributed by atoms with Crippen molar-refractivity contribution in [3.8, 4) is 0 Å². The molecule has 118 valence electrons. The van der Waals surface area contributed by atoms with Gasteiger partial charge in [0.25, 0.3) is 5.91 Å². The Bertz CT molecular complexity index is 567. The third-order valence-corrected chi connectivity index (χ3v) is 3.33. The quantitative estimate of drug-likeness (QED) is 0.623. The monoisotopic (exact) mass is 302 g/mol. The third kappa shape index (κ3) is 4.93. The molecule has 0 unspecified atom stereocenters. The van der Waals surface area contributed by atoms with E-state index in [4.69, 9.17) is 9.52 Å². The van der Waals surface area contributed by atoms with Gasteiger partial charge < -0.3 is 20.2 Å². The van der Waals surface area contributed by atoms with E-state index in [-0.39, 0.29) is 12.5 Å². The van der Waals surface area contributed by atoms with Crippen LogP contribution in [0.4, 0.5) is 5.69 Å². The average molecular weight is 302 g/mol. The SMILES string of the molecule is O=C(NCc1ccco1)c1ccccc1NCCCCCO. The molecule has 0 aliphatic carbocycles. The van der Waals surface area contributed by atoms with E-state index in [1.54, 1.807) is 18.4 Å². The number of carbonyl (C=O) groups excluding carboxylic acids is 1. The highest BCUT2D eigenvalue weighted by atomic mass is 16.3. The van der Waals surface area contributed by atoms with Gasteiger partial charge in [-0.25, -0.2) is 0 Å². The molecule has 1 heterocycles. The minimum absolute atomic E-state index is 0.130. The molecule has 3 N–H and O–H groups in total. The van der Waals surface area contributed by atoms with Crippen LogP contribution in [-0.4, -0.2) is 24.2 Å². The molecule has 0 bridgehead atoms. The molecule has 0 saturated carbocycles. The maximum Gasteiger partial charge on any atom is 0.253 e. The van der Waals surface area contributed by atoms with Crippen molar-refractivity contribution in [2.45, 2.75) is 25.8 Å². The van der Waals surface area contributed by atoms with Crippen LogP contribution in [0.1, 0.15) is 35.4 Å². The van der Waals surface area contributed by atoms with Crippen LogP contribution in [0.2, 0.25) is 0 Å². The number of aliphatic hydroxyl groups excluding tert-OH is 1. The minimum Gasteiger partial charge on any atom is -0.467 e. The van der Waals surface area contributed by atoms with Crippen LogP contribution in [0.3, 0.4) is 0 Å². The van der Waals surface area contributed by atoms with E-state index in [2.05, 4.69) is 10.6 Å². The Balaban J connectivity index is 1.87. The number of aliphatic hydroxyl groups is 1. The zero-order chi connectivity index (χ0) is 15.6. The summed E-state index contributed by atoms with van der Waals surface area (Å²) in [7, 11) is 0.